The van der Waals surface area contributed by atoms with Crippen molar-refractivity contribution in [2.24, 2.45) is 0 Å². The zero-order chi connectivity index (χ0) is 22.7. The number of methoxy groups -OCH3 is 1. The molecular weight excluding hydrogens is 402 g/mol. The van der Waals surface area contributed by atoms with Crippen molar-refractivity contribution in [1.29, 1.82) is 0 Å². The fraction of sp³-hybridized carbons (Fsp3) is 0.192. The molecular formula is C26H25N3O3. The third-order valence-corrected chi connectivity index (χ3v) is 5.31. The average molecular weight is 428 g/mol. The van der Waals surface area contributed by atoms with Crippen LogP contribution in [0.1, 0.15) is 41.5 Å². The monoisotopic (exact) mass is 427 g/mol. The predicted molar refractivity (Wildman–Crippen MR) is 127 cm³/mol. The van der Waals surface area contributed by atoms with Gasteiger partial charge in [0.25, 0.3) is 11.5 Å². The third-order valence-electron chi connectivity index (χ3n) is 5.31. The Balaban J connectivity index is 1.70. The molecule has 0 bridgehead atoms. The van der Waals surface area contributed by atoms with E-state index in [4.69, 9.17) is 4.74 Å². The van der Waals surface area contributed by atoms with Gasteiger partial charge in [0.05, 0.1) is 18.5 Å². The van der Waals surface area contributed by atoms with Crippen LogP contribution in [-0.2, 0) is 6.42 Å². The van der Waals surface area contributed by atoms with Gasteiger partial charge in [-0.2, -0.15) is 5.10 Å². The molecule has 4 rings (SSSR count). The Bertz CT molecular complexity index is 1330. The summed E-state index contributed by atoms with van der Waals surface area (Å²) < 4.78 is 6.87. The highest BCUT2D eigenvalue weighted by atomic mass is 16.5. The molecule has 6 heteroatoms. The van der Waals surface area contributed by atoms with Gasteiger partial charge in [-0.1, -0.05) is 48.5 Å². The van der Waals surface area contributed by atoms with Crippen LogP contribution in [-0.4, -0.2) is 22.8 Å². The predicted octanol–water partition coefficient (Wildman–Crippen LogP) is 4.83. The topological polar surface area (TPSA) is 73.2 Å². The summed E-state index contributed by atoms with van der Waals surface area (Å²) in [5, 5.41) is 8.33. The summed E-state index contributed by atoms with van der Waals surface area (Å²) in [5.41, 5.74) is 2.75. The molecule has 162 valence electrons. The molecule has 1 amide bonds. The second kappa shape index (κ2) is 9.06. The number of nitrogens with one attached hydrogen (secondary N) is 1. The number of anilines is 1. The van der Waals surface area contributed by atoms with Gasteiger partial charge in [-0.05, 0) is 43.7 Å². The number of nitrogens with zero attached hydrogens (tertiary/aromatic N) is 2. The number of carbonyl (C=O) groups excluding carboxylic acids is 1. The van der Waals surface area contributed by atoms with Crippen LogP contribution >= 0.6 is 0 Å². The number of benzene rings is 3. The van der Waals surface area contributed by atoms with Crippen LogP contribution in [0.25, 0.3) is 10.8 Å². The summed E-state index contributed by atoms with van der Waals surface area (Å²) in [6, 6.07) is 22.5. The van der Waals surface area contributed by atoms with Gasteiger partial charge >= 0.3 is 0 Å². The van der Waals surface area contributed by atoms with Crippen molar-refractivity contribution in [2.75, 3.05) is 12.4 Å². The lowest BCUT2D eigenvalue weighted by Crippen LogP contribution is -2.28. The van der Waals surface area contributed by atoms with E-state index < -0.39 is 0 Å². The van der Waals surface area contributed by atoms with Gasteiger partial charge in [0.1, 0.15) is 5.75 Å². The maximum atomic E-state index is 13.2. The van der Waals surface area contributed by atoms with Crippen molar-refractivity contribution in [1.82, 2.24) is 9.78 Å². The van der Waals surface area contributed by atoms with E-state index in [1.807, 2.05) is 44.2 Å². The van der Waals surface area contributed by atoms with Gasteiger partial charge in [0.2, 0.25) is 0 Å². The van der Waals surface area contributed by atoms with E-state index in [9.17, 15) is 9.59 Å². The van der Waals surface area contributed by atoms with E-state index in [0.29, 0.717) is 22.9 Å². The van der Waals surface area contributed by atoms with Crippen molar-refractivity contribution in [3.05, 3.63) is 100.0 Å². The first-order valence-corrected chi connectivity index (χ1v) is 10.5. The van der Waals surface area contributed by atoms with Crippen molar-refractivity contribution in [3.63, 3.8) is 0 Å². The number of fused-ring (bicyclic) bond motifs is 1. The molecule has 32 heavy (non-hydrogen) atoms. The molecule has 0 radical (unpaired) electrons. The van der Waals surface area contributed by atoms with Gasteiger partial charge in [-0.25, -0.2) is 4.68 Å². The Hall–Kier alpha value is -3.93. The summed E-state index contributed by atoms with van der Waals surface area (Å²) in [6.07, 6.45) is 0.674. The minimum Gasteiger partial charge on any atom is -0.496 e. The van der Waals surface area contributed by atoms with Crippen LogP contribution in [0.15, 0.2) is 77.6 Å². The number of hydrogen-bond acceptors (Lipinski definition) is 4. The van der Waals surface area contributed by atoms with Crippen molar-refractivity contribution >= 4 is 22.4 Å². The zero-order valence-corrected chi connectivity index (χ0v) is 18.3. The van der Waals surface area contributed by atoms with Crippen molar-refractivity contribution in [3.8, 4) is 5.75 Å². The first kappa shape index (κ1) is 21.3. The SMILES string of the molecule is COc1ccc(NC(=O)c2nn(C(C)C)c(=O)c3ccccc23)cc1Cc1ccccc1. The van der Waals surface area contributed by atoms with Gasteiger partial charge in [-0.3, -0.25) is 9.59 Å². The maximum absolute atomic E-state index is 13.2. The molecule has 0 spiro atoms. The van der Waals surface area contributed by atoms with Crippen LogP contribution in [0, 0.1) is 0 Å². The summed E-state index contributed by atoms with van der Waals surface area (Å²) in [5.74, 6) is 0.384. The van der Waals surface area contributed by atoms with Crippen LogP contribution in [0.2, 0.25) is 0 Å². The van der Waals surface area contributed by atoms with Crippen molar-refractivity contribution in [2.45, 2.75) is 26.3 Å². The molecule has 6 nitrogen and oxygen atoms in total. The Morgan fingerprint density at radius 2 is 1.69 bits per heavy atom. The molecule has 0 saturated heterocycles. The summed E-state index contributed by atoms with van der Waals surface area (Å²) in [4.78, 5) is 26.0. The smallest absolute Gasteiger partial charge is 0.276 e. The van der Waals surface area contributed by atoms with Gasteiger partial charge in [0.15, 0.2) is 5.69 Å². The minimum absolute atomic E-state index is 0.169. The molecule has 1 heterocycles. The minimum atomic E-state index is -0.369. The maximum Gasteiger partial charge on any atom is 0.276 e. The van der Waals surface area contributed by atoms with Crippen molar-refractivity contribution < 1.29 is 9.53 Å². The van der Waals surface area contributed by atoms with E-state index in [0.717, 1.165) is 16.9 Å². The number of carbonyl (C=O) groups is 1. The summed E-state index contributed by atoms with van der Waals surface area (Å²) >= 11 is 0. The number of amides is 1. The molecule has 3 aromatic carbocycles. The van der Waals surface area contributed by atoms with E-state index in [-0.39, 0.29) is 23.2 Å². The van der Waals surface area contributed by atoms with Gasteiger partial charge in [-0.15, -0.1) is 0 Å². The second-order valence-corrected chi connectivity index (χ2v) is 7.88. The highest BCUT2D eigenvalue weighted by Crippen LogP contribution is 2.26. The Morgan fingerprint density at radius 1 is 1.00 bits per heavy atom. The van der Waals surface area contributed by atoms with E-state index in [1.54, 1.807) is 37.4 Å². The molecule has 1 N–H and O–H groups in total. The Morgan fingerprint density at radius 3 is 2.38 bits per heavy atom. The molecule has 0 aliphatic heterocycles. The third kappa shape index (κ3) is 4.25. The lowest BCUT2D eigenvalue weighted by Gasteiger charge is -2.15. The largest absolute Gasteiger partial charge is 0.496 e. The molecule has 1 aromatic heterocycles. The summed E-state index contributed by atoms with van der Waals surface area (Å²) in [7, 11) is 1.63. The number of ether oxygens (including phenoxy) is 1. The quantitative estimate of drug-likeness (QED) is 0.478. The molecule has 0 saturated carbocycles. The highest BCUT2D eigenvalue weighted by molar-refractivity contribution is 6.11. The fourth-order valence-electron chi connectivity index (χ4n) is 3.72. The van der Waals surface area contributed by atoms with Crippen LogP contribution < -0.4 is 15.6 Å². The van der Waals surface area contributed by atoms with E-state index >= 15 is 0 Å². The lowest BCUT2D eigenvalue weighted by atomic mass is 10.0. The normalized spacial score (nSPS) is 11.0. The van der Waals surface area contributed by atoms with Crippen LogP contribution in [0.5, 0.6) is 5.75 Å². The van der Waals surface area contributed by atoms with Gasteiger partial charge in [0, 0.05) is 23.1 Å². The Kier molecular flexibility index (Phi) is 6.03. The molecule has 4 aromatic rings. The number of rotatable bonds is 6. The first-order chi connectivity index (χ1) is 15.5. The molecule has 0 unspecified atom stereocenters. The summed E-state index contributed by atoms with van der Waals surface area (Å²) in [6.45, 7) is 3.73. The molecule has 0 atom stereocenters. The standard InChI is InChI=1S/C26H25N3O3/c1-17(2)29-26(31)22-12-8-7-11-21(22)24(28-29)25(30)27-20-13-14-23(32-3)19(16-20)15-18-9-5-4-6-10-18/h4-14,16-17H,15H2,1-3H3,(H,27,30). The van der Waals surface area contributed by atoms with Crippen LogP contribution in [0.3, 0.4) is 0 Å². The number of hydrogen-bond donors (Lipinski definition) is 1. The highest BCUT2D eigenvalue weighted by Gasteiger charge is 2.18. The average Bonchev–Trinajstić information content (AvgIpc) is 2.80. The van der Waals surface area contributed by atoms with Gasteiger partial charge < -0.3 is 10.1 Å². The fourth-order valence-corrected chi connectivity index (χ4v) is 3.72. The lowest BCUT2D eigenvalue weighted by molar-refractivity contribution is 0.102. The zero-order valence-electron chi connectivity index (χ0n) is 18.3. The number of aromatic nitrogens is 2. The molecule has 0 aliphatic rings. The van der Waals surface area contributed by atoms with Crippen LogP contribution in [0.4, 0.5) is 5.69 Å². The van der Waals surface area contributed by atoms with E-state index in [1.165, 1.54) is 4.68 Å². The Labute approximate surface area is 186 Å². The second-order valence-electron chi connectivity index (χ2n) is 7.88. The van der Waals surface area contributed by atoms with E-state index in [2.05, 4.69) is 22.5 Å². The molecule has 0 fully saturated rings. The first-order valence-electron chi connectivity index (χ1n) is 10.5. The molecule has 0 aliphatic carbocycles.